The molecule has 1 aliphatic rings. The van der Waals surface area contributed by atoms with Gasteiger partial charge in [-0.25, -0.2) is 9.69 Å². The Morgan fingerprint density at radius 2 is 1.96 bits per heavy atom. The number of urea groups is 1. The number of aryl methyl sites for hydroxylation is 1. The predicted molar refractivity (Wildman–Crippen MR) is 99.5 cm³/mol. The Balaban J connectivity index is 1.71. The first-order chi connectivity index (χ1) is 12.4. The van der Waals surface area contributed by atoms with Crippen molar-refractivity contribution in [3.63, 3.8) is 0 Å². The number of benzene rings is 2. The average Bonchev–Trinajstić information content (AvgIpc) is 2.84. The monoisotopic (exact) mass is 369 g/mol. The molecule has 26 heavy (non-hydrogen) atoms. The summed E-state index contributed by atoms with van der Waals surface area (Å²) in [6.45, 7) is 1.53. The van der Waals surface area contributed by atoms with Crippen molar-refractivity contribution in [2.24, 2.45) is 0 Å². The third kappa shape index (κ3) is 3.92. The smallest absolute Gasteiger partial charge is 0.325 e. The van der Waals surface area contributed by atoms with Crippen LogP contribution in [0.15, 0.2) is 54.2 Å². The van der Waals surface area contributed by atoms with E-state index in [1.54, 1.807) is 36.4 Å². The highest BCUT2D eigenvalue weighted by Gasteiger charge is 2.35. The third-order valence-corrected chi connectivity index (χ3v) is 4.12. The maximum atomic E-state index is 12.4. The minimum absolute atomic E-state index is 0.0754. The first-order valence-electron chi connectivity index (χ1n) is 7.89. The van der Waals surface area contributed by atoms with Crippen LogP contribution in [0.3, 0.4) is 0 Å². The molecule has 2 aromatic carbocycles. The van der Waals surface area contributed by atoms with Crippen LogP contribution in [0.1, 0.15) is 11.1 Å². The highest BCUT2D eigenvalue weighted by atomic mass is 35.5. The molecular weight excluding hydrogens is 354 g/mol. The number of anilines is 1. The van der Waals surface area contributed by atoms with Gasteiger partial charge in [0.15, 0.2) is 0 Å². The normalized spacial score (nSPS) is 15.3. The number of halogens is 1. The summed E-state index contributed by atoms with van der Waals surface area (Å²) in [5.74, 6) is -1.03. The van der Waals surface area contributed by atoms with Gasteiger partial charge in [-0.15, -0.1) is 0 Å². The number of hydrogen-bond donors (Lipinski definition) is 2. The van der Waals surface area contributed by atoms with E-state index in [4.69, 9.17) is 11.6 Å². The van der Waals surface area contributed by atoms with Crippen LogP contribution in [0.4, 0.5) is 10.5 Å². The summed E-state index contributed by atoms with van der Waals surface area (Å²) >= 11 is 6.06. The molecule has 1 heterocycles. The number of imide groups is 1. The van der Waals surface area contributed by atoms with Gasteiger partial charge in [0, 0.05) is 10.7 Å². The second-order valence-corrected chi connectivity index (χ2v) is 6.23. The third-order valence-electron chi connectivity index (χ3n) is 3.77. The van der Waals surface area contributed by atoms with E-state index in [9.17, 15) is 14.4 Å². The van der Waals surface area contributed by atoms with Crippen LogP contribution >= 0.6 is 11.6 Å². The molecule has 7 heteroatoms. The molecule has 2 aromatic rings. The Labute approximate surface area is 155 Å². The maximum Gasteiger partial charge on any atom is 0.329 e. The number of rotatable bonds is 4. The van der Waals surface area contributed by atoms with Gasteiger partial charge in [-0.3, -0.25) is 9.59 Å². The summed E-state index contributed by atoms with van der Waals surface area (Å²) in [5, 5.41) is 5.59. The summed E-state index contributed by atoms with van der Waals surface area (Å²) < 4.78 is 0. The molecule has 0 bridgehead atoms. The fraction of sp³-hybridized carbons (Fsp3) is 0.105. The van der Waals surface area contributed by atoms with E-state index in [1.165, 1.54) is 6.08 Å². The van der Waals surface area contributed by atoms with Gasteiger partial charge in [-0.05, 0) is 42.3 Å². The topological polar surface area (TPSA) is 78.5 Å². The molecule has 0 aromatic heterocycles. The van der Waals surface area contributed by atoms with E-state index in [0.717, 1.165) is 10.5 Å². The SMILES string of the molecule is Cc1cccc(NC(=O)CN2C(=O)N/C(=C/c3ccccc3Cl)C2=O)c1. The zero-order valence-corrected chi connectivity index (χ0v) is 14.7. The van der Waals surface area contributed by atoms with Crippen molar-refractivity contribution in [2.75, 3.05) is 11.9 Å². The number of nitrogens with one attached hydrogen (secondary N) is 2. The maximum absolute atomic E-state index is 12.4. The molecule has 132 valence electrons. The van der Waals surface area contributed by atoms with Crippen LogP contribution < -0.4 is 10.6 Å². The van der Waals surface area contributed by atoms with Crippen molar-refractivity contribution >= 4 is 41.2 Å². The van der Waals surface area contributed by atoms with Crippen LogP contribution in [-0.4, -0.2) is 29.3 Å². The molecule has 0 atom stereocenters. The molecule has 0 aliphatic carbocycles. The highest BCUT2D eigenvalue weighted by Crippen LogP contribution is 2.20. The Kier molecular flexibility index (Phi) is 5.04. The molecule has 6 nitrogen and oxygen atoms in total. The highest BCUT2D eigenvalue weighted by molar-refractivity contribution is 6.32. The van der Waals surface area contributed by atoms with Gasteiger partial charge in [0.05, 0.1) is 0 Å². The average molecular weight is 370 g/mol. The summed E-state index contributed by atoms with van der Waals surface area (Å²) in [6, 6.07) is 13.5. The summed E-state index contributed by atoms with van der Waals surface area (Å²) in [7, 11) is 0. The van der Waals surface area contributed by atoms with Gasteiger partial charge in [0.1, 0.15) is 12.2 Å². The number of carbonyl (C=O) groups excluding carboxylic acids is 3. The van der Waals surface area contributed by atoms with E-state index >= 15 is 0 Å². The molecule has 2 N–H and O–H groups in total. The molecule has 0 spiro atoms. The van der Waals surface area contributed by atoms with Gasteiger partial charge in [0.25, 0.3) is 5.91 Å². The minimum atomic E-state index is -0.646. The fourth-order valence-corrected chi connectivity index (χ4v) is 2.72. The largest absolute Gasteiger partial charge is 0.329 e. The number of hydrogen-bond acceptors (Lipinski definition) is 3. The Hall–Kier alpha value is -3.12. The van der Waals surface area contributed by atoms with E-state index in [0.29, 0.717) is 16.3 Å². The lowest BCUT2D eigenvalue weighted by molar-refractivity contribution is -0.127. The molecule has 1 saturated heterocycles. The number of nitrogens with zero attached hydrogens (tertiary/aromatic N) is 1. The second kappa shape index (κ2) is 7.41. The van der Waals surface area contributed by atoms with Crippen LogP contribution in [-0.2, 0) is 9.59 Å². The van der Waals surface area contributed by atoms with Crippen LogP contribution in [0.25, 0.3) is 6.08 Å². The van der Waals surface area contributed by atoms with Crippen molar-refractivity contribution < 1.29 is 14.4 Å². The Morgan fingerprint density at radius 3 is 2.69 bits per heavy atom. The van der Waals surface area contributed by atoms with E-state index in [1.807, 2.05) is 19.1 Å². The van der Waals surface area contributed by atoms with Crippen LogP contribution in [0, 0.1) is 6.92 Å². The number of carbonyl (C=O) groups is 3. The van der Waals surface area contributed by atoms with Crippen molar-refractivity contribution in [1.29, 1.82) is 0 Å². The van der Waals surface area contributed by atoms with Crippen molar-refractivity contribution in [1.82, 2.24) is 10.2 Å². The molecule has 4 amide bonds. The van der Waals surface area contributed by atoms with Gasteiger partial charge in [-0.1, -0.05) is 41.9 Å². The zero-order valence-electron chi connectivity index (χ0n) is 14.0. The Morgan fingerprint density at radius 1 is 1.19 bits per heavy atom. The van der Waals surface area contributed by atoms with Crippen LogP contribution in [0.5, 0.6) is 0 Å². The molecule has 1 fully saturated rings. The lowest BCUT2D eigenvalue weighted by Crippen LogP contribution is -2.38. The summed E-state index contributed by atoms with van der Waals surface area (Å²) in [5.41, 5.74) is 2.27. The van der Waals surface area contributed by atoms with E-state index in [2.05, 4.69) is 10.6 Å². The summed E-state index contributed by atoms with van der Waals surface area (Å²) in [4.78, 5) is 37.5. The minimum Gasteiger partial charge on any atom is -0.325 e. The van der Waals surface area contributed by atoms with Crippen LogP contribution in [0.2, 0.25) is 5.02 Å². The van der Waals surface area contributed by atoms with E-state index < -0.39 is 17.8 Å². The van der Waals surface area contributed by atoms with Crippen molar-refractivity contribution in [2.45, 2.75) is 6.92 Å². The molecule has 0 unspecified atom stereocenters. The van der Waals surface area contributed by atoms with Crippen molar-refractivity contribution in [3.05, 3.63) is 70.4 Å². The van der Waals surface area contributed by atoms with E-state index in [-0.39, 0.29) is 12.2 Å². The molecule has 0 radical (unpaired) electrons. The Bertz CT molecular complexity index is 924. The molecule has 3 rings (SSSR count). The standard InChI is InChI=1S/C19H16ClN3O3/c1-12-5-4-7-14(9-12)21-17(24)11-23-18(25)16(22-19(23)26)10-13-6-2-3-8-15(13)20/h2-10H,11H2,1H3,(H,21,24)(H,22,26)/b16-10+. The van der Waals surface area contributed by atoms with Gasteiger partial charge >= 0.3 is 6.03 Å². The second-order valence-electron chi connectivity index (χ2n) is 5.82. The van der Waals surface area contributed by atoms with Crippen molar-refractivity contribution in [3.8, 4) is 0 Å². The predicted octanol–water partition coefficient (Wildman–Crippen LogP) is 3.18. The van der Waals surface area contributed by atoms with Gasteiger partial charge in [-0.2, -0.15) is 0 Å². The first-order valence-corrected chi connectivity index (χ1v) is 8.27. The van der Waals surface area contributed by atoms with Gasteiger partial charge < -0.3 is 10.6 Å². The first kappa shape index (κ1) is 17.7. The number of amides is 4. The van der Waals surface area contributed by atoms with Gasteiger partial charge in [0.2, 0.25) is 5.91 Å². The molecule has 1 aliphatic heterocycles. The molecular formula is C19H16ClN3O3. The summed E-state index contributed by atoms with van der Waals surface area (Å²) in [6.07, 6.45) is 1.49. The lowest BCUT2D eigenvalue weighted by atomic mass is 10.2. The fourth-order valence-electron chi connectivity index (χ4n) is 2.53. The quantitative estimate of drug-likeness (QED) is 0.641. The molecule has 0 saturated carbocycles. The lowest BCUT2D eigenvalue weighted by Gasteiger charge is -2.12. The zero-order chi connectivity index (χ0) is 18.7.